The van der Waals surface area contributed by atoms with E-state index in [0.29, 0.717) is 25.7 Å². The van der Waals surface area contributed by atoms with Gasteiger partial charge in [-0.3, -0.25) is 18.6 Å². The molecule has 7 unspecified atom stereocenters. The molecule has 1 saturated heterocycles. The second kappa shape index (κ2) is 30.3. The van der Waals surface area contributed by atoms with Crippen molar-refractivity contribution in [3.8, 4) is 0 Å². The quantitative estimate of drug-likeness (QED) is 0.0186. The lowest BCUT2D eigenvalue weighted by Gasteiger charge is -2.27. The Balaban J connectivity index is 1.69. The number of aliphatic hydroxyl groups excluding tert-OH is 1. The zero-order valence-electron chi connectivity index (χ0n) is 33.2. The first-order valence-corrected chi connectivity index (χ1v) is 22.3. The van der Waals surface area contributed by atoms with Gasteiger partial charge in [-0.25, -0.2) is 14.3 Å². The lowest BCUT2D eigenvalue weighted by atomic mass is 9.89. The van der Waals surface area contributed by atoms with Crippen molar-refractivity contribution in [3.63, 3.8) is 0 Å². The lowest BCUT2D eigenvalue weighted by molar-refractivity contribution is -0.336. The maximum absolute atomic E-state index is 12.7. The van der Waals surface area contributed by atoms with E-state index >= 15 is 0 Å². The molecule has 4 N–H and O–H groups in total. The fourth-order valence-corrected chi connectivity index (χ4v) is 7.54. The van der Waals surface area contributed by atoms with Crippen LogP contribution in [-0.2, 0) is 42.5 Å². The number of aliphatic hydroxyl groups is 1. The molecule has 54 heavy (non-hydrogen) atoms. The lowest BCUT2D eigenvalue weighted by Crippen LogP contribution is -2.29. The monoisotopic (exact) mass is 785 g/mol. The van der Waals surface area contributed by atoms with Crippen molar-refractivity contribution in [2.24, 2.45) is 17.6 Å². The van der Waals surface area contributed by atoms with Crippen LogP contribution in [0.2, 0.25) is 0 Å². The van der Waals surface area contributed by atoms with Crippen LogP contribution in [0, 0.1) is 11.8 Å². The summed E-state index contributed by atoms with van der Waals surface area (Å²) in [7, 11) is -4.42. The molecule has 0 amide bonds. The average Bonchev–Trinajstić information content (AvgIpc) is 3.76. The van der Waals surface area contributed by atoms with Crippen molar-refractivity contribution in [2.45, 2.75) is 173 Å². The van der Waals surface area contributed by atoms with Crippen molar-refractivity contribution >= 4 is 19.8 Å². The molecule has 0 radical (unpaired) electrons. The van der Waals surface area contributed by atoms with E-state index in [2.05, 4.69) is 26.0 Å². The van der Waals surface area contributed by atoms with Gasteiger partial charge in [-0.15, -0.1) is 0 Å². The smallest absolute Gasteiger partial charge is 0.462 e. The number of carbonyl (C=O) groups excluding carboxylic acids is 2. The van der Waals surface area contributed by atoms with Crippen molar-refractivity contribution in [2.75, 3.05) is 26.4 Å². The predicted molar refractivity (Wildman–Crippen MR) is 210 cm³/mol. The molecule has 2 rings (SSSR count). The van der Waals surface area contributed by atoms with Gasteiger partial charge in [0.1, 0.15) is 12.7 Å². The number of unbranched alkanes of at least 4 members (excludes halogenated alkanes) is 13. The first kappa shape index (κ1) is 48.3. The Morgan fingerprint density at radius 1 is 0.815 bits per heavy atom. The summed E-state index contributed by atoms with van der Waals surface area (Å²) in [5, 5.41) is 10.3. The van der Waals surface area contributed by atoms with Gasteiger partial charge in [-0.2, -0.15) is 0 Å². The van der Waals surface area contributed by atoms with E-state index in [1.54, 1.807) is 0 Å². The van der Waals surface area contributed by atoms with Crippen LogP contribution in [0.15, 0.2) is 36.5 Å². The highest BCUT2D eigenvalue weighted by Crippen LogP contribution is 2.45. The van der Waals surface area contributed by atoms with Crippen molar-refractivity contribution in [1.29, 1.82) is 0 Å². The summed E-state index contributed by atoms with van der Waals surface area (Å²) in [5.41, 5.74) is 5.35. The van der Waals surface area contributed by atoms with Crippen LogP contribution in [-0.4, -0.2) is 72.7 Å². The number of allylic oxidation sites excluding steroid dienone is 3. The predicted octanol–water partition coefficient (Wildman–Crippen LogP) is 8.74. The van der Waals surface area contributed by atoms with Crippen molar-refractivity contribution < 1.29 is 52.5 Å². The summed E-state index contributed by atoms with van der Waals surface area (Å²) < 4.78 is 32.8. The molecule has 7 atom stereocenters. The Bertz CT molecular complexity index is 1130. The zero-order chi connectivity index (χ0) is 39.3. The fraction of sp³-hybridized carbons (Fsp3) is 0.805. The van der Waals surface area contributed by atoms with Gasteiger partial charge in [0.05, 0.1) is 25.4 Å². The molecular formula is C41H72NO11P. The van der Waals surface area contributed by atoms with Gasteiger partial charge >= 0.3 is 19.8 Å². The summed E-state index contributed by atoms with van der Waals surface area (Å²) in [5.74, 6) is -0.549. The number of carbonyl (C=O) groups is 2. The molecule has 1 aliphatic heterocycles. The summed E-state index contributed by atoms with van der Waals surface area (Å²) in [6.45, 7) is 3.38. The van der Waals surface area contributed by atoms with Crippen LogP contribution < -0.4 is 5.73 Å². The van der Waals surface area contributed by atoms with Gasteiger partial charge in [-0.1, -0.05) is 127 Å². The van der Waals surface area contributed by atoms with Gasteiger partial charge in [0.15, 0.2) is 6.10 Å². The van der Waals surface area contributed by atoms with E-state index in [1.807, 2.05) is 24.3 Å². The van der Waals surface area contributed by atoms with Crippen LogP contribution in [0.3, 0.4) is 0 Å². The summed E-state index contributed by atoms with van der Waals surface area (Å²) in [6, 6.07) is 0. The maximum atomic E-state index is 12.7. The molecule has 1 heterocycles. The SMILES string of the molecule is CC/C=C\CC(O)/C=C/C1C2CC(OO2)C1C/C=C\CCCC(=O)OC(COC(=O)CCCCCCCCCCCCCCC)COP(=O)(O)OCCN. The van der Waals surface area contributed by atoms with Crippen LogP contribution in [0.5, 0.6) is 0 Å². The molecule has 12 nitrogen and oxygen atoms in total. The number of rotatable bonds is 34. The summed E-state index contributed by atoms with van der Waals surface area (Å²) in [6.07, 6.45) is 30.8. The number of phosphoric acid groups is 1. The van der Waals surface area contributed by atoms with E-state index < -0.39 is 38.6 Å². The largest absolute Gasteiger partial charge is 0.472 e. The third-order valence-corrected chi connectivity index (χ3v) is 10.8. The standard InChI is InChI=1S/C41H72NO11P/c1-3-5-7-8-9-10-11-12-13-14-15-16-21-25-40(44)48-32-35(33-50-54(46,47)49-30-29-42)51-41(45)26-22-18-17-20-24-36-37(39-31-38(36)52-53-39)28-27-34(43)23-19-6-4-2/h6,17,19-20,27-28,34-39,43H,3-5,7-16,18,21-26,29-33,42H2,1-2H3,(H,46,47)/b19-6-,20-17-,28-27+. The minimum absolute atomic E-state index is 0.0129. The third-order valence-electron chi connectivity index (χ3n) is 9.84. The summed E-state index contributed by atoms with van der Waals surface area (Å²) in [4.78, 5) is 46.0. The van der Waals surface area contributed by atoms with Crippen LogP contribution >= 0.6 is 7.82 Å². The summed E-state index contributed by atoms with van der Waals surface area (Å²) >= 11 is 0. The van der Waals surface area contributed by atoms with E-state index in [9.17, 15) is 24.2 Å². The number of hydrogen-bond donors (Lipinski definition) is 3. The minimum Gasteiger partial charge on any atom is -0.462 e. The Morgan fingerprint density at radius 3 is 2.13 bits per heavy atom. The van der Waals surface area contributed by atoms with Gasteiger partial charge in [0.2, 0.25) is 0 Å². The first-order valence-electron chi connectivity index (χ1n) is 20.8. The second-order valence-electron chi connectivity index (χ2n) is 14.6. The molecule has 0 aromatic carbocycles. The second-order valence-corrected chi connectivity index (χ2v) is 16.0. The molecule has 0 aromatic heterocycles. The molecule has 1 aliphatic carbocycles. The van der Waals surface area contributed by atoms with Crippen LogP contribution in [0.4, 0.5) is 0 Å². The molecule has 312 valence electrons. The van der Waals surface area contributed by atoms with Gasteiger partial charge in [-0.05, 0) is 38.5 Å². The highest BCUT2D eigenvalue weighted by molar-refractivity contribution is 7.47. The molecule has 1 saturated carbocycles. The normalized spacial score (nSPS) is 22.0. The topological polar surface area (TPSA) is 173 Å². The van der Waals surface area contributed by atoms with E-state index in [1.165, 1.54) is 57.8 Å². The average molecular weight is 786 g/mol. The number of nitrogens with two attached hydrogens (primary N) is 1. The molecular weight excluding hydrogens is 713 g/mol. The van der Waals surface area contributed by atoms with Gasteiger partial charge in [0.25, 0.3) is 0 Å². The van der Waals surface area contributed by atoms with Crippen molar-refractivity contribution in [1.82, 2.24) is 0 Å². The highest BCUT2D eigenvalue weighted by atomic mass is 31.2. The number of ether oxygens (including phenoxy) is 2. The van der Waals surface area contributed by atoms with E-state index in [4.69, 9.17) is 34.0 Å². The first-order chi connectivity index (χ1) is 26.2. The Kier molecular flexibility index (Phi) is 27.1. The fourth-order valence-electron chi connectivity index (χ4n) is 6.78. The number of fused-ring (bicyclic) bond motifs is 2. The number of phosphoric ester groups is 1. The Hall–Kier alpha value is -1.89. The molecule has 0 spiro atoms. The Morgan fingerprint density at radius 2 is 1.46 bits per heavy atom. The molecule has 2 aliphatic rings. The molecule has 0 aromatic rings. The minimum atomic E-state index is -4.42. The molecule has 2 bridgehead atoms. The van der Waals surface area contributed by atoms with Crippen LogP contribution in [0.25, 0.3) is 0 Å². The zero-order valence-corrected chi connectivity index (χ0v) is 34.1. The van der Waals surface area contributed by atoms with E-state index in [0.717, 1.165) is 38.5 Å². The van der Waals surface area contributed by atoms with Gasteiger partial charge in [0, 0.05) is 37.6 Å². The number of esters is 2. The van der Waals surface area contributed by atoms with E-state index in [-0.39, 0.29) is 56.6 Å². The highest BCUT2D eigenvalue weighted by Gasteiger charge is 2.49. The molecule has 2 fully saturated rings. The van der Waals surface area contributed by atoms with Gasteiger partial charge < -0.3 is 25.2 Å². The number of hydrogen-bond acceptors (Lipinski definition) is 11. The van der Waals surface area contributed by atoms with Crippen LogP contribution in [0.1, 0.15) is 149 Å². The molecule has 13 heteroatoms. The Labute approximate surface area is 325 Å². The van der Waals surface area contributed by atoms with Crippen molar-refractivity contribution in [3.05, 3.63) is 36.5 Å². The maximum Gasteiger partial charge on any atom is 0.472 e. The third kappa shape index (κ3) is 22.6.